The molecule has 5 N–H and O–H groups in total. The first-order valence-corrected chi connectivity index (χ1v) is 7.35. The number of anilines is 2. The van der Waals surface area contributed by atoms with Gasteiger partial charge in [0.25, 0.3) is 0 Å². The number of nitrogen functional groups attached to an aromatic ring is 2. The number of rotatable bonds is 6. The number of nitrogens with one attached hydrogen (secondary N) is 1. The van der Waals surface area contributed by atoms with Gasteiger partial charge in [-0.15, -0.1) is 0 Å². The molecule has 0 aliphatic carbocycles. The van der Waals surface area contributed by atoms with Crippen LogP contribution in [0.2, 0.25) is 0 Å². The molecule has 9 nitrogen and oxygen atoms in total. The van der Waals surface area contributed by atoms with E-state index in [0.29, 0.717) is 29.3 Å². The Morgan fingerprint density at radius 2 is 2.08 bits per heavy atom. The van der Waals surface area contributed by atoms with Crippen LogP contribution in [0.1, 0.15) is 12.5 Å². The van der Waals surface area contributed by atoms with Gasteiger partial charge in [0, 0.05) is 12.5 Å². The van der Waals surface area contributed by atoms with Crippen molar-refractivity contribution in [3.8, 4) is 28.8 Å². The van der Waals surface area contributed by atoms with Gasteiger partial charge in [-0.1, -0.05) is 0 Å². The molecule has 1 aromatic heterocycles. The largest absolute Gasteiger partial charge is 0.493 e. The van der Waals surface area contributed by atoms with Crippen LogP contribution in [-0.4, -0.2) is 36.1 Å². The van der Waals surface area contributed by atoms with Crippen LogP contribution in [0, 0.1) is 11.3 Å². The maximum Gasteiger partial charge on any atom is 0.222 e. The van der Waals surface area contributed by atoms with Crippen molar-refractivity contribution in [3.63, 3.8) is 0 Å². The molecule has 0 atom stereocenters. The van der Waals surface area contributed by atoms with Crippen molar-refractivity contribution in [2.45, 2.75) is 6.92 Å². The van der Waals surface area contributed by atoms with Crippen LogP contribution in [0.15, 0.2) is 18.2 Å². The van der Waals surface area contributed by atoms with Crippen molar-refractivity contribution in [2.75, 3.05) is 31.7 Å². The molecule has 0 spiro atoms. The van der Waals surface area contributed by atoms with E-state index in [0.717, 1.165) is 0 Å². The zero-order chi connectivity index (χ0) is 18.4. The summed E-state index contributed by atoms with van der Waals surface area (Å²) in [5.74, 6) is 0.791. The Bertz CT molecular complexity index is 831. The Labute approximate surface area is 144 Å². The van der Waals surface area contributed by atoms with E-state index in [4.69, 9.17) is 20.9 Å². The molecule has 1 aromatic carbocycles. The van der Waals surface area contributed by atoms with E-state index >= 15 is 0 Å². The molecule has 0 saturated heterocycles. The minimum Gasteiger partial charge on any atom is -0.493 e. The maximum absolute atomic E-state index is 10.8. The summed E-state index contributed by atoms with van der Waals surface area (Å²) in [7, 11) is 1.49. The zero-order valence-electron chi connectivity index (χ0n) is 13.9. The standard InChI is InChI=1S/C16H18N6O3/c1-9(23)20-5-6-25-12-4-3-10(7-13(12)24-2)14-11(8-17)15(18)22-16(19)21-14/h3-4,7H,5-6H2,1-2H3,(H,20,23)(H4,18,19,21,22). The maximum atomic E-state index is 10.8. The molecular weight excluding hydrogens is 324 g/mol. The highest BCUT2D eigenvalue weighted by molar-refractivity contribution is 5.75. The van der Waals surface area contributed by atoms with Gasteiger partial charge < -0.3 is 26.3 Å². The molecule has 0 saturated carbocycles. The van der Waals surface area contributed by atoms with Crippen LogP contribution in [0.4, 0.5) is 11.8 Å². The predicted octanol–water partition coefficient (Wildman–Crippen LogP) is 0.703. The number of hydrogen-bond acceptors (Lipinski definition) is 8. The zero-order valence-corrected chi connectivity index (χ0v) is 13.9. The molecule has 1 heterocycles. The molecule has 0 aliphatic heterocycles. The smallest absolute Gasteiger partial charge is 0.222 e. The molecule has 2 aromatic rings. The molecule has 1 amide bonds. The van der Waals surface area contributed by atoms with E-state index in [1.807, 2.05) is 6.07 Å². The number of benzene rings is 1. The Balaban J connectivity index is 2.30. The predicted molar refractivity (Wildman–Crippen MR) is 91.7 cm³/mol. The van der Waals surface area contributed by atoms with Gasteiger partial charge in [0.05, 0.1) is 19.3 Å². The number of nitrogens with zero attached hydrogens (tertiary/aromatic N) is 3. The molecule has 9 heteroatoms. The Hall–Kier alpha value is -3.54. The number of carbonyl (C=O) groups is 1. The van der Waals surface area contributed by atoms with E-state index in [2.05, 4.69) is 15.3 Å². The van der Waals surface area contributed by atoms with E-state index in [1.165, 1.54) is 14.0 Å². The lowest BCUT2D eigenvalue weighted by Crippen LogP contribution is -2.25. The van der Waals surface area contributed by atoms with Crippen molar-refractivity contribution >= 4 is 17.7 Å². The Kier molecular flexibility index (Phi) is 5.58. The number of carbonyl (C=O) groups excluding carboxylic acids is 1. The molecule has 2 rings (SSSR count). The van der Waals surface area contributed by atoms with E-state index in [-0.39, 0.29) is 29.8 Å². The first-order chi connectivity index (χ1) is 12.0. The minimum absolute atomic E-state index is 0.0135. The van der Waals surface area contributed by atoms with Gasteiger partial charge in [0.15, 0.2) is 11.5 Å². The average Bonchev–Trinajstić information content (AvgIpc) is 2.58. The van der Waals surface area contributed by atoms with Crippen LogP contribution < -0.4 is 26.3 Å². The molecule has 25 heavy (non-hydrogen) atoms. The number of hydrogen-bond donors (Lipinski definition) is 3. The molecule has 0 fully saturated rings. The van der Waals surface area contributed by atoms with Gasteiger partial charge in [-0.05, 0) is 18.2 Å². The monoisotopic (exact) mass is 342 g/mol. The fourth-order valence-corrected chi connectivity index (χ4v) is 2.14. The quantitative estimate of drug-likeness (QED) is 0.649. The SMILES string of the molecule is COc1cc(-c2nc(N)nc(N)c2C#N)ccc1OCCNC(C)=O. The van der Waals surface area contributed by atoms with Gasteiger partial charge >= 0.3 is 0 Å². The summed E-state index contributed by atoms with van der Waals surface area (Å²) >= 11 is 0. The average molecular weight is 342 g/mol. The Morgan fingerprint density at radius 3 is 2.72 bits per heavy atom. The normalized spacial score (nSPS) is 9.96. The van der Waals surface area contributed by atoms with Gasteiger partial charge in [-0.2, -0.15) is 10.2 Å². The van der Waals surface area contributed by atoms with Crippen molar-refractivity contribution < 1.29 is 14.3 Å². The van der Waals surface area contributed by atoms with Crippen molar-refractivity contribution in [2.24, 2.45) is 0 Å². The number of methoxy groups -OCH3 is 1. The van der Waals surface area contributed by atoms with Crippen molar-refractivity contribution in [1.82, 2.24) is 15.3 Å². The lowest BCUT2D eigenvalue weighted by molar-refractivity contribution is -0.119. The van der Waals surface area contributed by atoms with E-state index < -0.39 is 0 Å². The first kappa shape index (κ1) is 17.8. The highest BCUT2D eigenvalue weighted by Crippen LogP contribution is 2.34. The third-order valence-electron chi connectivity index (χ3n) is 3.24. The summed E-state index contributed by atoms with van der Waals surface area (Å²) in [6.07, 6.45) is 0. The number of nitrogens with two attached hydrogens (primary N) is 2. The fraction of sp³-hybridized carbons (Fsp3) is 0.250. The van der Waals surface area contributed by atoms with Crippen molar-refractivity contribution in [3.05, 3.63) is 23.8 Å². The third-order valence-corrected chi connectivity index (χ3v) is 3.24. The summed E-state index contributed by atoms with van der Waals surface area (Å²) in [5, 5.41) is 11.9. The van der Waals surface area contributed by atoms with Gasteiger partial charge in [0.1, 0.15) is 24.1 Å². The fourth-order valence-electron chi connectivity index (χ4n) is 2.14. The summed E-state index contributed by atoms with van der Waals surface area (Å²) in [6.45, 7) is 2.09. The molecular formula is C16H18N6O3. The van der Waals surface area contributed by atoms with Crippen molar-refractivity contribution in [1.29, 1.82) is 5.26 Å². The highest BCUT2D eigenvalue weighted by Gasteiger charge is 2.15. The van der Waals surface area contributed by atoms with Crippen LogP contribution >= 0.6 is 0 Å². The lowest BCUT2D eigenvalue weighted by Gasteiger charge is -2.13. The highest BCUT2D eigenvalue weighted by atomic mass is 16.5. The van der Waals surface area contributed by atoms with Crippen LogP contribution in [0.5, 0.6) is 11.5 Å². The molecule has 130 valence electrons. The number of ether oxygens (including phenoxy) is 2. The first-order valence-electron chi connectivity index (χ1n) is 7.35. The summed E-state index contributed by atoms with van der Waals surface area (Å²) < 4.78 is 10.9. The minimum atomic E-state index is -0.131. The second kappa shape index (κ2) is 7.83. The van der Waals surface area contributed by atoms with Gasteiger partial charge in [-0.25, -0.2) is 4.98 Å². The van der Waals surface area contributed by atoms with Gasteiger partial charge in [0.2, 0.25) is 11.9 Å². The Morgan fingerprint density at radius 1 is 1.32 bits per heavy atom. The second-order valence-corrected chi connectivity index (χ2v) is 5.00. The second-order valence-electron chi connectivity index (χ2n) is 5.00. The molecule has 0 aliphatic rings. The number of aromatic nitrogens is 2. The summed E-state index contributed by atoms with van der Waals surface area (Å²) in [5.41, 5.74) is 12.4. The molecule has 0 bridgehead atoms. The molecule has 0 radical (unpaired) electrons. The van der Waals surface area contributed by atoms with Crippen LogP contribution in [0.3, 0.4) is 0 Å². The summed E-state index contributed by atoms with van der Waals surface area (Å²) in [6, 6.07) is 7.02. The number of nitriles is 1. The van der Waals surface area contributed by atoms with E-state index in [1.54, 1.807) is 18.2 Å². The molecule has 0 unspecified atom stereocenters. The van der Waals surface area contributed by atoms with Crippen LogP contribution in [-0.2, 0) is 4.79 Å². The van der Waals surface area contributed by atoms with Gasteiger partial charge in [-0.3, -0.25) is 4.79 Å². The van der Waals surface area contributed by atoms with Crippen LogP contribution in [0.25, 0.3) is 11.3 Å². The topological polar surface area (TPSA) is 149 Å². The lowest BCUT2D eigenvalue weighted by atomic mass is 10.1. The third kappa shape index (κ3) is 4.26. The number of amides is 1. The summed E-state index contributed by atoms with van der Waals surface area (Å²) in [4.78, 5) is 18.7. The van der Waals surface area contributed by atoms with E-state index in [9.17, 15) is 10.1 Å².